The highest BCUT2D eigenvalue weighted by Crippen LogP contribution is 2.10. The van der Waals surface area contributed by atoms with Crippen LogP contribution in [0.5, 0.6) is 0 Å². The van der Waals surface area contributed by atoms with E-state index in [1.54, 1.807) is 6.92 Å². The minimum atomic E-state index is -1.31. The van der Waals surface area contributed by atoms with Gasteiger partial charge in [-0.1, -0.05) is 37.3 Å². The zero-order valence-corrected chi connectivity index (χ0v) is 8.60. The lowest BCUT2D eigenvalue weighted by atomic mass is 9.95. The summed E-state index contributed by atoms with van der Waals surface area (Å²) >= 11 is 0. The Kier molecular flexibility index (Phi) is 4.03. The van der Waals surface area contributed by atoms with Crippen molar-refractivity contribution in [1.29, 1.82) is 0 Å². The summed E-state index contributed by atoms with van der Waals surface area (Å²) < 4.78 is 0. The summed E-state index contributed by atoms with van der Waals surface area (Å²) in [6, 6.07) is 9.53. The molecule has 0 amide bonds. The van der Waals surface area contributed by atoms with Crippen LogP contribution in [0.4, 0.5) is 0 Å². The van der Waals surface area contributed by atoms with Gasteiger partial charge < -0.3 is 9.90 Å². The van der Waals surface area contributed by atoms with Crippen LogP contribution in [-0.4, -0.2) is 11.8 Å². The van der Waals surface area contributed by atoms with Crippen LogP contribution in [-0.2, 0) is 16.0 Å². The van der Waals surface area contributed by atoms with E-state index in [0.29, 0.717) is 6.42 Å². The van der Waals surface area contributed by atoms with Crippen molar-refractivity contribution in [3.63, 3.8) is 0 Å². The van der Waals surface area contributed by atoms with Crippen molar-refractivity contribution in [2.24, 2.45) is 5.92 Å². The van der Waals surface area contributed by atoms with E-state index < -0.39 is 12.4 Å². The summed E-state index contributed by atoms with van der Waals surface area (Å²) in [7, 11) is 0. The third-order valence-corrected chi connectivity index (χ3v) is 2.25. The van der Waals surface area contributed by atoms with Crippen molar-refractivity contribution in [1.82, 2.24) is 0 Å². The van der Waals surface area contributed by atoms with Crippen LogP contribution in [0, 0.1) is 5.92 Å². The first kappa shape index (κ1) is 11.4. The summed E-state index contributed by atoms with van der Waals surface area (Å²) in [6.07, 6.45) is 0.0843. The molecule has 1 atom stereocenters. The third kappa shape index (κ3) is 3.94. The summed E-state index contributed by atoms with van der Waals surface area (Å²) in [5.41, 5.74) is 1.04. The number of carbonyl (C=O) groups is 2. The van der Waals surface area contributed by atoms with Crippen molar-refractivity contribution < 1.29 is 14.7 Å². The van der Waals surface area contributed by atoms with Crippen molar-refractivity contribution in [2.45, 2.75) is 19.8 Å². The molecule has 1 aromatic carbocycles. The Labute approximate surface area is 88.7 Å². The highest BCUT2D eigenvalue weighted by molar-refractivity contribution is 5.95. The van der Waals surface area contributed by atoms with Crippen LogP contribution < -0.4 is 5.11 Å². The minimum absolute atomic E-state index is 0.273. The van der Waals surface area contributed by atoms with Gasteiger partial charge in [0.25, 0.3) is 0 Å². The molecule has 0 aromatic heterocycles. The van der Waals surface area contributed by atoms with E-state index in [1.807, 2.05) is 30.3 Å². The van der Waals surface area contributed by atoms with E-state index in [0.717, 1.165) is 5.56 Å². The second-order valence-electron chi connectivity index (χ2n) is 3.61. The Morgan fingerprint density at radius 3 is 2.40 bits per heavy atom. The van der Waals surface area contributed by atoms with Crippen LogP contribution >= 0.6 is 0 Å². The number of benzene rings is 1. The van der Waals surface area contributed by atoms with Crippen LogP contribution in [0.3, 0.4) is 0 Å². The van der Waals surface area contributed by atoms with Gasteiger partial charge in [0, 0.05) is 18.3 Å². The van der Waals surface area contributed by atoms with Gasteiger partial charge in [0.05, 0.1) is 0 Å². The smallest absolute Gasteiger partial charge is 0.141 e. The number of rotatable bonds is 5. The van der Waals surface area contributed by atoms with Crippen LogP contribution in [0.15, 0.2) is 30.3 Å². The van der Waals surface area contributed by atoms with E-state index >= 15 is 0 Å². The molecule has 0 aliphatic carbocycles. The molecule has 0 heterocycles. The first-order chi connectivity index (χ1) is 7.09. The summed E-state index contributed by atoms with van der Waals surface area (Å²) in [6.45, 7) is 1.73. The highest BCUT2D eigenvalue weighted by Gasteiger charge is 2.13. The van der Waals surface area contributed by atoms with Gasteiger partial charge in [0.2, 0.25) is 0 Å². The molecule has 0 spiro atoms. The molecule has 1 aromatic rings. The number of Topliss-reactive ketones (excluding diaryl/α,β-unsaturated/α-hetero) is 1. The van der Waals surface area contributed by atoms with Crippen LogP contribution in [0.1, 0.15) is 18.9 Å². The number of hydrogen-bond donors (Lipinski definition) is 0. The number of carboxylic acids is 1. The summed E-state index contributed by atoms with van der Waals surface area (Å²) in [5.74, 6) is -1.86. The Balaban J connectivity index is 2.52. The average Bonchev–Trinajstić information content (AvgIpc) is 2.18. The summed E-state index contributed by atoms with van der Waals surface area (Å²) in [5, 5.41) is 10.2. The fourth-order valence-corrected chi connectivity index (χ4v) is 1.40. The Bertz CT molecular complexity index is 343. The molecular formula is C12H13O3-. The monoisotopic (exact) mass is 205 g/mol. The van der Waals surface area contributed by atoms with Gasteiger partial charge in [0.15, 0.2) is 0 Å². The number of hydrogen-bond acceptors (Lipinski definition) is 3. The summed E-state index contributed by atoms with van der Waals surface area (Å²) in [4.78, 5) is 21.6. The lowest BCUT2D eigenvalue weighted by Gasteiger charge is -2.10. The standard InChI is InChI=1S/C12H14O3/c1-9(11(13)8-12(14)15)7-10-5-3-2-4-6-10/h2-6,9H,7-8H2,1H3,(H,14,15)/p-1. The van der Waals surface area contributed by atoms with Gasteiger partial charge in [-0.25, -0.2) is 0 Å². The molecule has 0 fully saturated rings. The molecule has 80 valence electrons. The molecule has 3 nitrogen and oxygen atoms in total. The van der Waals surface area contributed by atoms with E-state index in [4.69, 9.17) is 0 Å². The van der Waals surface area contributed by atoms with Crippen LogP contribution in [0.2, 0.25) is 0 Å². The molecule has 0 aliphatic heterocycles. The minimum Gasteiger partial charge on any atom is -0.550 e. The highest BCUT2D eigenvalue weighted by atomic mass is 16.4. The number of aliphatic carboxylic acids is 1. The van der Waals surface area contributed by atoms with E-state index in [1.165, 1.54) is 0 Å². The van der Waals surface area contributed by atoms with Gasteiger partial charge in [-0.05, 0) is 12.0 Å². The van der Waals surface area contributed by atoms with Gasteiger partial charge >= 0.3 is 0 Å². The van der Waals surface area contributed by atoms with Gasteiger partial charge in [-0.3, -0.25) is 4.79 Å². The molecule has 0 saturated carbocycles. The molecular weight excluding hydrogens is 192 g/mol. The second kappa shape index (κ2) is 5.29. The molecule has 0 N–H and O–H groups in total. The van der Waals surface area contributed by atoms with Crippen molar-refractivity contribution in [2.75, 3.05) is 0 Å². The van der Waals surface area contributed by atoms with Gasteiger partial charge in [0.1, 0.15) is 5.78 Å². The van der Waals surface area contributed by atoms with Gasteiger partial charge in [-0.15, -0.1) is 0 Å². The predicted octanol–water partition coefficient (Wildman–Crippen LogP) is 0.574. The fourth-order valence-electron chi connectivity index (χ4n) is 1.40. The molecule has 0 aliphatic rings. The second-order valence-corrected chi connectivity index (χ2v) is 3.61. The van der Waals surface area contributed by atoms with E-state index in [2.05, 4.69) is 0 Å². The SMILES string of the molecule is CC(Cc1ccccc1)C(=O)CC(=O)[O-]. The normalized spacial score (nSPS) is 12.1. The Hall–Kier alpha value is -1.64. The Morgan fingerprint density at radius 2 is 1.87 bits per heavy atom. The number of ketones is 1. The zero-order chi connectivity index (χ0) is 11.3. The number of carboxylic acid groups (broad SMARTS) is 1. The van der Waals surface area contributed by atoms with Crippen LogP contribution in [0.25, 0.3) is 0 Å². The van der Waals surface area contributed by atoms with Crippen molar-refractivity contribution in [3.8, 4) is 0 Å². The molecule has 1 rings (SSSR count). The topological polar surface area (TPSA) is 57.2 Å². The maximum absolute atomic E-state index is 11.3. The van der Waals surface area contributed by atoms with Gasteiger partial charge in [-0.2, -0.15) is 0 Å². The fraction of sp³-hybridized carbons (Fsp3) is 0.333. The molecule has 0 saturated heterocycles. The van der Waals surface area contributed by atoms with Crippen molar-refractivity contribution in [3.05, 3.63) is 35.9 Å². The predicted molar refractivity (Wildman–Crippen MR) is 53.9 cm³/mol. The lowest BCUT2D eigenvalue weighted by Crippen LogP contribution is -2.28. The lowest BCUT2D eigenvalue weighted by molar-refractivity contribution is -0.304. The van der Waals surface area contributed by atoms with E-state index in [9.17, 15) is 14.7 Å². The average molecular weight is 205 g/mol. The molecule has 0 bridgehead atoms. The molecule has 1 unspecified atom stereocenters. The largest absolute Gasteiger partial charge is 0.550 e. The maximum atomic E-state index is 11.3. The first-order valence-electron chi connectivity index (χ1n) is 4.86. The molecule has 0 radical (unpaired) electrons. The number of carbonyl (C=O) groups excluding carboxylic acids is 2. The third-order valence-electron chi connectivity index (χ3n) is 2.25. The van der Waals surface area contributed by atoms with Crippen molar-refractivity contribution >= 4 is 11.8 Å². The Morgan fingerprint density at radius 1 is 1.27 bits per heavy atom. The quantitative estimate of drug-likeness (QED) is 0.660. The maximum Gasteiger partial charge on any atom is 0.141 e. The molecule has 3 heteroatoms. The zero-order valence-electron chi connectivity index (χ0n) is 8.60. The van der Waals surface area contributed by atoms with E-state index in [-0.39, 0.29) is 11.7 Å². The first-order valence-corrected chi connectivity index (χ1v) is 4.86. The molecule has 15 heavy (non-hydrogen) atoms.